The third kappa shape index (κ3) is 4.11. The van der Waals surface area contributed by atoms with E-state index in [2.05, 4.69) is 30.2 Å². The van der Waals surface area contributed by atoms with Gasteiger partial charge in [0.15, 0.2) is 11.5 Å². The summed E-state index contributed by atoms with van der Waals surface area (Å²) in [5.41, 5.74) is 6.46. The Morgan fingerprint density at radius 3 is 2.61 bits per heavy atom. The first-order valence-corrected chi connectivity index (χ1v) is 12.0. The van der Waals surface area contributed by atoms with Crippen molar-refractivity contribution in [1.29, 1.82) is 0 Å². The highest BCUT2D eigenvalue weighted by molar-refractivity contribution is 5.80. The van der Waals surface area contributed by atoms with E-state index in [1.165, 1.54) is 22.3 Å². The molecule has 2 aliphatic carbocycles. The van der Waals surface area contributed by atoms with Gasteiger partial charge in [0, 0.05) is 26.1 Å². The molecule has 1 amide bonds. The van der Waals surface area contributed by atoms with E-state index in [1.807, 2.05) is 17.0 Å². The lowest BCUT2D eigenvalue weighted by Gasteiger charge is -2.45. The normalized spacial score (nSPS) is 23.6. The fourth-order valence-corrected chi connectivity index (χ4v) is 5.63. The predicted molar refractivity (Wildman–Crippen MR) is 128 cm³/mol. The van der Waals surface area contributed by atoms with Crippen LogP contribution in [0.5, 0.6) is 11.5 Å². The molecular weight excluding hydrogens is 416 g/mol. The molecule has 0 aromatic heterocycles. The van der Waals surface area contributed by atoms with Gasteiger partial charge in [-0.3, -0.25) is 4.79 Å². The van der Waals surface area contributed by atoms with Crippen molar-refractivity contribution in [3.05, 3.63) is 58.2 Å². The smallest absolute Gasteiger partial charge is 0.227 e. The molecule has 2 heterocycles. The van der Waals surface area contributed by atoms with Gasteiger partial charge in [0.25, 0.3) is 0 Å². The Balaban J connectivity index is 1.11. The lowest BCUT2D eigenvalue weighted by Crippen LogP contribution is -2.43. The topological polar surface area (TPSA) is 51.2 Å². The molecule has 6 heteroatoms. The second-order valence-electron chi connectivity index (χ2n) is 9.57. The lowest BCUT2D eigenvalue weighted by molar-refractivity contribution is -0.130. The van der Waals surface area contributed by atoms with Gasteiger partial charge in [-0.15, -0.1) is 0 Å². The maximum absolute atomic E-state index is 12.9. The number of fused-ring (bicyclic) bond motifs is 1. The van der Waals surface area contributed by atoms with Gasteiger partial charge in [-0.1, -0.05) is 18.2 Å². The first-order chi connectivity index (χ1) is 16.0. The van der Waals surface area contributed by atoms with Gasteiger partial charge in [-0.2, -0.15) is 0 Å². The Kier molecular flexibility index (Phi) is 6.06. The predicted octanol–water partition coefficient (Wildman–Crippen LogP) is 3.31. The number of nitrogens with zero attached hydrogens (tertiary/aromatic N) is 2. The summed E-state index contributed by atoms with van der Waals surface area (Å²) in [6.07, 6.45) is 11.2. The zero-order valence-electron chi connectivity index (χ0n) is 20.0. The maximum atomic E-state index is 12.9. The summed E-state index contributed by atoms with van der Waals surface area (Å²) in [4.78, 5) is 17.3. The zero-order chi connectivity index (χ0) is 23.0. The standard InChI is InChI=1S/C27H34N2O4/c1-28(18-19-5-8-27-22(7-12-33-27)17-23(27)13-19)9-4-10-29-11-6-20-14-24(31-2)25(32-3)15-21(20)16-26(29)30/h5,7,13-15H,4,6,8-12,16-18H2,1-3H3. The van der Waals surface area contributed by atoms with Crippen molar-refractivity contribution in [1.82, 2.24) is 9.80 Å². The molecule has 1 aromatic carbocycles. The van der Waals surface area contributed by atoms with E-state index in [-0.39, 0.29) is 11.5 Å². The Morgan fingerprint density at radius 2 is 1.88 bits per heavy atom. The average Bonchev–Trinajstić information content (AvgIpc) is 3.00. The Labute approximate surface area is 196 Å². The number of hydrogen-bond donors (Lipinski definition) is 0. The minimum absolute atomic E-state index is 0.0686. The van der Waals surface area contributed by atoms with Crippen molar-refractivity contribution in [3.63, 3.8) is 0 Å². The van der Waals surface area contributed by atoms with Crippen LogP contribution in [0.4, 0.5) is 0 Å². The van der Waals surface area contributed by atoms with Crippen LogP contribution in [-0.2, 0) is 22.4 Å². The van der Waals surface area contributed by atoms with E-state index in [0.717, 1.165) is 69.8 Å². The fourth-order valence-electron chi connectivity index (χ4n) is 5.63. The number of likely N-dealkylation sites (N-methyl/N-ethyl adjacent to an activating group) is 1. The molecule has 1 atom stereocenters. The van der Waals surface area contributed by atoms with Gasteiger partial charge >= 0.3 is 0 Å². The van der Waals surface area contributed by atoms with Gasteiger partial charge in [0.2, 0.25) is 5.91 Å². The number of benzene rings is 1. The van der Waals surface area contributed by atoms with Crippen molar-refractivity contribution in [2.24, 2.45) is 0 Å². The summed E-state index contributed by atoms with van der Waals surface area (Å²) in [5, 5.41) is 0. The van der Waals surface area contributed by atoms with E-state index < -0.39 is 0 Å². The second kappa shape index (κ2) is 8.99. The number of rotatable bonds is 8. The van der Waals surface area contributed by atoms with E-state index in [4.69, 9.17) is 14.2 Å². The van der Waals surface area contributed by atoms with Gasteiger partial charge in [-0.05, 0) is 72.8 Å². The van der Waals surface area contributed by atoms with Crippen LogP contribution >= 0.6 is 0 Å². The van der Waals surface area contributed by atoms with Crippen molar-refractivity contribution in [2.45, 2.75) is 37.7 Å². The van der Waals surface area contributed by atoms with Crippen molar-refractivity contribution < 1.29 is 19.0 Å². The summed E-state index contributed by atoms with van der Waals surface area (Å²) in [6, 6.07) is 3.98. The largest absolute Gasteiger partial charge is 0.493 e. The molecule has 5 rings (SSSR count). The molecule has 1 unspecified atom stereocenters. The Morgan fingerprint density at radius 1 is 1.09 bits per heavy atom. The third-order valence-electron chi connectivity index (χ3n) is 7.56. The number of methoxy groups -OCH3 is 2. The molecular formula is C27H34N2O4. The van der Waals surface area contributed by atoms with Crippen LogP contribution in [0.15, 0.2) is 47.1 Å². The molecule has 1 saturated carbocycles. The first-order valence-electron chi connectivity index (χ1n) is 12.0. The summed E-state index contributed by atoms with van der Waals surface area (Å²) in [6.45, 7) is 4.21. The molecule has 1 aromatic rings. The first kappa shape index (κ1) is 22.2. The molecule has 0 bridgehead atoms. The SMILES string of the molecule is COc1cc2c(cc1OC)CC(=O)N(CCCN(C)CC1=CCC34OCC=C3CC4=C1)CC2. The minimum Gasteiger partial charge on any atom is -0.493 e. The molecule has 1 fully saturated rings. The number of ether oxygens (including phenoxy) is 3. The number of amides is 1. The van der Waals surface area contributed by atoms with E-state index in [9.17, 15) is 4.79 Å². The lowest BCUT2D eigenvalue weighted by atomic mass is 9.66. The minimum atomic E-state index is -0.0686. The summed E-state index contributed by atoms with van der Waals surface area (Å²) in [5.74, 6) is 1.61. The van der Waals surface area contributed by atoms with Crippen LogP contribution in [0.25, 0.3) is 0 Å². The fraction of sp³-hybridized carbons (Fsp3) is 0.519. The average molecular weight is 451 g/mol. The highest BCUT2D eigenvalue weighted by atomic mass is 16.5. The quantitative estimate of drug-likeness (QED) is 0.569. The van der Waals surface area contributed by atoms with Gasteiger partial charge in [-0.25, -0.2) is 0 Å². The van der Waals surface area contributed by atoms with Crippen LogP contribution in [-0.4, -0.2) is 75.4 Å². The molecule has 176 valence electrons. The van der Waals surface area contributed by atoms with E-state index in [1.54, 1.807) is 14.2 Å². The molecule has 2 aliphatic heterocycles. The van der Waals surface area contributed by atoms with Gasteiger partial charge < -0.3 is 24.0 Å². The number of carbonyl (C=O) groups is 1. The molecule has 0 radical (unpaired) electrons. The highest BCUT2D eigenvalue weighted by Gasteiger charge is 2.50. The molecule has 33 heavy (non-hydrogen) atoms. The zero-order valence-corrected chi connectivity index (χ0v) is 20.0. The third-order valence-corrected chi connectivity index (χ3v) is 7.56. The Hall–Kier alpha value is -2.57. The van der Waals surface area contributed by atoms with Crippen molar-refractivity contribution in [3.8, 4) is 11.5 Å². The molecule has 4 aliphatic rings. The van der Waals surface area contributed by atoms with Crippen LogP contribution in [0.1, 0.15) is 30.4 Å². The molecule has 1 spiro atoms. The number of carbonyl (C=O) groups excluding carboxylic acids is 1. The van der Waals surface area contributed by atoms with Crippen molar-refractivity contribution in [2.75, 3.05) is 54.1 Å². The number of hydrogen-bond acceptors (Lipinski definition) is 5. The van der Waals surface area contributed by atoms with Crippen LogP contribution < -0.4 is 9.47 Å². The van der Waals surface area contributed by atoms with Crippen LogP contribution in [0.3, 0.4) is 0 Å². The maximum Gasteiger partial charge on any atom is 0.227 e. The Bertz CT molecular complexity index is 1040. The second-order valence-corrected chi connectivity index (χ2v) is 9.57. The summed E-state index contributed by atoms with van der Waals surface area (Å²) >= 11 is 0. The van der Waals surface area contributed by atoms with E-state index >= 15 is 0 Å². The molecule has 0 saturated heterocycles. The van der Waals surface area contributed by atoms with Crippen molar-refractivity contribution >= 4 is 5.91 Å². The molecule has 6 nitrogen and oxygen atoms in total. The van der Waals surface area contributed by atoms with E-state index in [0.29, 0.717) is 12.2 Å². The summed E-state index contributed by atoms with van der Waals surface area (Å²) in [7, 11) is 5.45. The highest BCUT2D eigenvalue weighted by Crippen LogP contribution is 2.53. The van der Waals surface area contributed by atoms with Gasteiger partial charge in [0.05, 0.1) is 27.2 Å². The monoisotopic (exact) mass is 450 g/mol. The van der Waals surface area contributed by atoms with Crippen LogP contribution in [0, 0.1) is 0 Å². The molecule has 0 N–H and O–H groups in total. The summed E-state index contributed by atoms with van der Waals surface area (Å²) < 4.78 is 16.9. The van der Waals surface area contributed by atoms with Crippen LogP contribution in [0.2, 0.25) is 0 Å². The van der Waals surface area contributed by atoms with Gasteiger partial charge in [0.1, 0.15) is 5.60 Å².